The molecule has 0 fully saturated rings. The van der Waals surface area contributed by atoms with Crippen LogP contribution < -0.4 is 5.32 Å². The molecule has 0 unspecified atom stereocenters. The standard InChI is InChI=1S/C17H14N2OS/c1-13(20)19-17-5-3-2-4-15(17)9-6-14-7-10-16(11-8-14)18-12-21/h2-11H,1H3,(H,19,20). The Morgan fingerprint density at radius 1 is 1.14 bits per heavy atom. The first-order chi connectivity index (χ1) is 10.2. The van der Waals surface area contributed by atoms with Gasteiger partial charge in [0.2, 0.25) is 5.91 Å². The normalized spacial score (nSPS) is 10.1. The summed E-state index contributed by atoms with van der Waals surface area (Å²) in [5.74, 6) is -0.0850. The van der Waals surface area contributed by atoms with Crippen molar-refractivity contribution in [3.8, 4) is 0 Å². The number of hydrogen-bond acceptors (Lipinski definition) is 3. The molecular formula is C17H14N2OS. The lowest BCUT2D eigenvalue weighted by atomic mass is 10.1. The van der Waals surface area contributed by atoms with Gasteiger partial charge in [-0.1, -0.05) is 42.5 Å². The third kappa shape index (κ3) is 4.49. The fraction of sp³-hybridized carbons (Fsp3) is 0.0588. The number of nitrogens with one attached hydrogen (secondary N) is 1. The van der Waals surface area contributed by atoms with Crippen molar-refractivity contribution in [2.24, 2.45) is 4.99 Å². The summed E-state index contributed by atoms with van der Waals surface area (Å²) in [4.78, 5) is 15.1. The number of carbonyl (C=O) groups is 1. The van der Waals surface area contributed by atoms with Crippen molar-refractivity contribution < 1.29 is 4.79 Å². The number of hydrogen-bond donors (Lipinski definition) is 1. The molecule has 0 saturated carbocycles. The van der Waals surface area contributed by atoms with Gasteiger partial charge in [0, 0.05) is 12.6 Å². The van der Waals surface area contributed by atoms with E-state index in [9.17, 15) is 4.79 Å². The van der Waals surface area contributed by atoms with E-state index in [2.05, 4.69) is 27.7 Å². The predicted octanol–water partition coefficient (Wildman–Crippen LogP) is 4.55. The molecule has 3 nitrogen and oxygen atoms in total. The average Bonchev–Trinajstić information content (AvgIpc) is 2.48. The Balaban J connectivity index is 2.20. The minimum Gasteiger partial charge on any atom is -0.326 e. The minimum atomic E-state index is -0.0850. The second kappa shape index (κ2) is 7.29. The second-order valence-corrected chi connectivity index (χ2v) is 4.58. The highest BCUT2D eigenvalue weighted by Crippen LogP contribution is 2.19. The van der Waals surface area contributed by atoms with Crippen molar-refractivity contribution >= 4 is 46.8 Å². The highest BCUT2D eigenvalue weighted by molar-refractivity contribution is 7.78. The van der Waals surface area contributed by atoms with E-state index in [-0.39, 0.29) is 5.91 Å². The number of nitrogens with zero attached hydrogens (tertiary/aromatic N) is 1. The summed E-state index contributed by atoms with van der Waals surface area (Å²) in [7, 11) is 0. The molecular weight excluding hydrogens is 280 g/mol. The Hall–Kier alpha value is -2.55. The summed E-state index contributed by atoms with van der Waals surface area (Å²) >= 11 is 4.57. The number of rotatable bonds is 4. The molecule has 0 spiro atoms. The molecule has 104 valence electrons. The number of aliphatic imine (C=N–C) groups is 1. The van der Waals surface area contributed by atoms with Gasteiger partial charge in [0.25, 0.3) is 0 Å². The van der Waals surface area contributed by atoms with Crippen molar-refractivity contribution in [2.75, 3.05) is 5.32 Å². The molecule has 1 amide bonds. The van der Waals surface area contributed by atoms with Crippen molar-refractivity contribution in [3.63, 3.8) is 0 Å². The Labute approximate surface area is 129 Å². The van der Waals surface area contributed by atoms with Crippen molar-refractivity contribution in [2.45, 2.75) is 6.92 Å². The summed E-state index contributed by atoms with van der Waals surface area (Å²) in [5.41, 5.74) is 3.56. The van der Waals surface area contributed by atoms with Crippen LogP contribution in [0.4, 0.5) is 11.4 Å². The SMILES string of the molecule is CC(=O)Nc1ccccc1C=Cc1ccc(N=C=S)cc1. The summed E-state index contributed by atoms with van der Waals surface area (Å²) in [6, 6.07) is 15.3. The number of isothiocyanates is 1. The molecule has 4 heteroatoms. The Bertz CT molecular complexity index is 714. The first kappa shape index (κ1) is 14.9. The van der Waals surface area contributed by atoms with Gasteiger partial charge in [-0.05, 0) is 41.5 Å². The minimum absolute atomic E-state index is 0.0850. The van der Waals surface area contributed by atoms with Gasteiger partial charge in [-0.25, -0.2) is 0 Å². The molecule has 21 heavy (non-hydrogen) atoms. The molecule has 0 aliphatic rings. The van der Waals surface area contributed by atoms with E-state index in [1.807, 2.05) is 60.7 Å². The lowest BCUT2D eigenvalue weighted by Crippen LogP contribution is -2.06. The number of benzene rings is 2. The maximum atomic E-state index is 11.2. The van der Waals surface area contributed by atoms with Crippen LogP contribution in [0.1, 0.15) is 18.1 Å². The van der Waals surface area contributed by atoms with Crippen LogP contribution in [0.5, 0.6) is 0 Å². The zero-order valence-electron chi connectivity index (χ0n) is 11.5. The van der Waals surface area contributed by atoms with Crippen LogP contribution in [0, 0.1) is 0 Å². The van der Waals surface area contributed by atoms with Crippen LogP contribution in [-0.2, 0) is 4.79 Å². The van der Waals surface area contributed by atoms with E-state index in [1.54, 1.807) is 0 Å². The first-order valence-corrected chi connectivity index (χ1v) is 6.82. The quantitative estimate of drug-likeness (QED) is 0.510. The molecule has 0 aliphatic carbocycles. The molecule has 0 aromatic heterocycles. The van der Waals surface area contributed by atoms with Crippen LogP contribution >= 0.6 is 12.2 Å². The third-order valence-corrected chi connectivity index (χ3v) is 2.89. The molecule has 2 aromatic rings. The van der Waals surface area contributed by atoms with Gasteiger partial charge in [-0.2, -0.15) is 4.99 Å². The molecule has 0 aliphatic heterocycles. The Kier molecular flexibility index (Phi) is 5.16. The predicted molar refractivity (Wildman–Crippen MR) is 90.8 cm³/mol. The van der Waals surface area contributed by atoms with Crippen LogP contribution in [-0.4, -0.2) is 11.1 Å². The lowest BCUT2D eigenvalue weighted by molar-refractivity contribution is -0.114. The maximum Gasteiger partial charge on any atom is 0.221 e. The highest BCUT2D eigenvalue weighted by Gasteiger charge is 1.99. The monoisotopic (exact) mass is 294 g/mol. The average molecular weight is 294 g/mol. The molecule has 0 saturated heterocycles. The van der Waals surface area contributed by atoms with Gasteiger partial charge < -0.3 is 5.32 Å². The molecule has 2 aromatic carbocycles. The van der Waals surface area contributed by atoms with E-state index < -0.39 is 0 Å². The van der Waals surface area contributed by atoms with Gasteiger partial charge in [-0.15, -0.1) is 0 Å². The number of amides is 1. The van der Waals surface area contributed by atoms with Gasteiger partial charge in [0.15, 0.2) is 0 Å². The summed E-state index contributed by atoms with van der Waals surface area (Å²) in [6.45, 7) is 1.50. The smallest absolute Gasteiger partial charge is 0.221 e. The van der Waals surface area contributed by atoms with Crippen molar-refractivity contribution in [1.82, 2.24) is 0 Å². The van der Waals surface area contributed by atoms with Gasteiger partial charge >= 0.3 is 0 Å². The fourth-order valence-electron chi connectivity index (χ4n) is 1.84. The van der Waals surface area contributed by atoms with E-state index in [0.29, 0.717) is 0 Å². The molecule has 0 atom stereocenters. The Morgan fingerprint density at radius 3 is 2.52 bits per heavy atom. The van der Waals surface area contributed by atoms with E-state index in [4.69, 9.17) is 0 Å². The Morgan fingerprint density at radius 2 is 1.86 bits per heavy atom. The first-order valence-electron chi connectivity index (χ1n) is 6.41. The van der Waals surface area contributed by atoms with E-state index >= 15 is 0 Å². The van der Waals surface area contributed by atoms with Crippen molar-refractivity contribution in [1.29, 1.82) is 0 Å². The highest BCUT2D eigenvalue weighted by atomic mass is 32.1. The summed E-state index contributed by atoms with van der Waals surface area (Å²) in [5, 5.41) is 5.15. The molecule has 2 rings (SSSR count). The summed E-state index contributed by atoms with van der Waals surface area (Å²) < 4.78 is 0. The van der Waals surface area contributed by atoms with Gasteiger partial charge in [0.05, 0.1) is 10.8 Å². The van der Waals surface area contributed by atoms with Gasteiger partial charge in [0.1, 0.15) is 0 Å². The van der Waals surface area contributed by atoms with Crippen LogP contribution in [0.25, 0.3) is 12.2 Å². The van der Waals surface area contributed by atoms with Crippen molar-refractivity contribution in [3.05, 3.63) is 59.7 Å². The number of anilines is 1. The molecule has 1 N–H and O–H groups in total. The third-order valence-electron chi connectivity index (χ3n) is 2.79. The maximum absolute atomic E-state index is 11.2. The zero-order chi connectivity index (χ0) is 15.1. The second-order valence-electron chi connectivity index (χ2n) is 4.40. The summed E-state index contributed by atoms with van der Waals surface area (Å²) in [6.07, 6.45) is 3.94. The zero-order valence-corrected chi connectivity index (χ0v) is 12.4. The topological polar surface area (TPSA) is 41.5 Å². The number of para-hydroxylation sites is 1. The number of carbonyl (C=O) groups excluding carboxylic acids is 1. The molecule has 0 radical (unpaired) electrons. The number of thiocarbonyl (C=S) groups is 1. The largest absolute Gasteiger partial charge is 0.326 e. The van der Waals surface area contributed by atoms with E-state index in [1.165, 1.54) is 6.92 Å². The van der Waals surface area contributed by atoms with Gasteiger partial charge in [-0.3, -0.25) is 4.79 Å². The fourth-order valence-corrected chi connectivity index (χ4v) is 1.95. The van der Waals surface area contributed by atoms with Crippen LogP contribution in [0.3, 0.4) is 0 Å². The van der Waals surface area contributed by atoms with Crippen LogP contribution in [0.2, 0.25) is 0 Å². The lowest BCUT2D eigenvalue weighted by Gasteiger charge is -2.05. The van der Waals surface area contributed by atoms with Crippen LogP contribution in [0.15, 0.2) is 53.5 Å². The molecule has 0 bridgehead atoms. The van der Waals surface area contributed by atoms with E-state index in [0.717, 1.165) is 22.5 Å². The molecule has 0 heterocycles.